The van der Waals surface area contributed by atoms with Crippen molar-refractivity contribution < 1.29 is 27.0 Å². The number of rotatable bonds is 8. The first-order valence-corrected chi connectivity index (χ1v) is 15.3. The van der Waals surface area contributed by atoms with Crippen molar-refractivity contribution in [3.05, 3.63) is 133 Å². The summed E-state index contributed by atoms with van der Waals surface area (Å²) in [5.41, 5.74) is 2.91. The minimum absolute atomic E-state index is 0.194. The molecule has 0 atom stereocenters. The van der Waals surface area contributed by atoms with E-state index >= 15 is 0 Å². The van der Waals surface area contributed by atoms with Crippen molar-refractivity contribution in [2.24, 2.45) is 9.98 Å². The Balaban J connectivity index is 0.00000118. The Hall–Kier alpha value is -3.80. The molecule has 0 aliphatic heterocycles. The van der Waals surface area contributed by atoms with E-state index in [4.69, 9.17) is 44.1 Å². The Kier molecular flexibility index (Phi) is 11.0. The standard InChI is InChI=1S/C32H26N2O3.2ClH.Fe/c1-23(33-27-17-9-11-19-31(27)35-25-13-5-3-6-14-25)29-21-22-30(37-29)24(2)34-28-18-10-12-20-32(28)36-26-15-7-4-8-16-26;;;/h3-22H,1-2H3;2*1H;/q;;;+2/p-2. The molecule has 0 radical (unpaired) electrons. The van der Waals surface area contributed by atoms with Crippen LogP contribution in [0.5, 0.6) is 23.0 Å². The van der Waals surface area contributed by atoms with Crippen LogP contribution in [0.4, 0.5) is 11.4 Å². The normalized spacial score (nSPS) is 11.5. The Bertz CT molecular complexity index is 1460. The van der Waals surface area contributed by atoms with E-state index in [1.165, 1.54) is 0 Å². The second-order valence-corrected chi connectivity index (χ2v) is 10.2. The number of aliphatic imine (C=N–C) groups is 2. The van der Waals surface area contributed by atoms with Crippen LogP contribution in [0.15, 0.2) is 136 Å². The molecule has 1 aromatic heterocycles. The predicted octanol–water partition coefficient (Wildman–Crippen LogP) is 10.5. The zero-order valence-corrected chi connectivity index (χ0v) is 24.4. The number of furan rings is 1. The molecule has 5 aromatic rings. The van der Waals surface area contributed by atoms with Gasteiger partial charge in [-0.05, 0) is 74.5 Å². The number of benzene rings is 4. The number of nitrogens with zero attached hydrogens (tertiary/aromatic N) is 2. The van der Waals surface area contributed by atoms with Crippen LogP contribution in [0, 0.1) is 0 Å². The summed E-state index contributed by atoms with van der Waals surface area (Å²) in [6.07, 6.45) is 0. The van der Waals surface area contributed by atoms with Crippen molar-refractivity contribution in [1.29, 1.82) is 0 Å². The van der Waals surface area contributed by atoms with Crippen LogP contribution >= 0.6 is 20.2 Å². The molecule has 0 aliphatic carbocycles. The Morgan fingerprint density at radius 1 is 0.550 bits per heavy atom. The second-order valence-electron chi connectivity index (χ2n) is 8.37. The van der Waals surface area contributed by atoms with Gasteiger partial charge in [0, 0.05) is 0 Å². The first kappa shape index (κ1) is 29.2. The van der Waals surface area contributed by atoms with Gasteiger partial charge in [0.15, 0.2) is 11.5 Å². The van der Waals surface area contributed by atoms with Crippen LogP contribution in [-0.4, -0.2) is 11.4 Å². The van der Waals surface area contributed by atoms with Crippen LogP contribution in [0.1, 0.15) is 25.4 Å². The zero-order valence-electron chi connectivity index (χ0n) is 21.8. The molecule has 5 rings (SSSR count). The third-order valence-corrected chi connectivity index (χ3v) is 5.57. The average Bonchev–Trinajstić information content (AvgIpc) is 3.48. The fourth-order valence-corrected chi connectivity index (χ4v) is 3.70. The third kappa shape index (κ3) is 8.35. The molecule has 0 spiro atoms. The summed E-state index contributed by atoms with van der Waals surface area (Å²) < 4.78 is 18.2. The van der Waals surface area contributed by atoms with Gasteiger partial charge < -0.3 is 13.9 Å². The summed E-state index contributed by atoms with van der Waals surface area (Å²) in [4.78, 5) is 9.56. The van der Waals surface area contributed by atoms with E-state index in [1.54, 1.807) is 0 Å². The van der Waals surface area contributed by atoms with E-state index in [1.807, 2.05) is 135 Å². The topological polar surface area (TPSA) is 56.3 Å². The second kappa shape index (κ2) is 15.1. The van der Waals surface area contributed by atoms with Crippen molar-refractivity contribution in [1.82, 2.24) is 0 Å². The third-order valence-electron chi connectivity index (χ3n) is 5.57. The number of hydrogen-bond donors (Lipinski definition) is 0. The molecule has 5 nitrogen and oxygen atoms in total. The first-order chi connectivity index (χ1) is 19.6. The van der Waals surface area contributed by atoms with Gasteiger partial charge in [-0.2, -0.15) is 0 Å². The van der Waals surface area contributed by atoms with Crippen LogP contribution in [0.2, 0.25) is 0 Å². The van der Waals surface area contributed by atoms with Gasteiger partial charge in [0.2, 0.25) is 0 Å². The van der Waals surface area contributed by atoms with Gasteiger partial charge in [-0.3, -0.25) is 0 Å². The molecule has 40 heavy (non-hydrogen) atoms. The van der Waals surface area contributed by atoms with Gasteiger partial charge in [-0.15, -0.1) is 0 Å². The molecule has 4 aromatic carbocycles. The molecule has 0 saturated carbocycles. The van der Waals surface area contributed by atoms with Crippen molar-refractivity contribution in [2.75, 3.05) is 0 Å². The van der Waals surface area contributed by atoms with Crippen molar-refractivity contribution in [3.63, 3.8) is 0 Å². The maximum absolute atomic E-state index is 6.12. The number of hydrogen-bond acceptors (Lipinski definition) is 5. The van der Waals surface area contributed by atoms with Gasteiger partial charge in [0.05, 0.1) is 11.4 Å². The zero-order chi connectivity index (χ0) is 28.2. The van der Waals surface area contributed by atoms with Crippen LogP contribution in [0.3, 0.4) is 0 Å². The summed E-state index contributed by atoms with van der Waals surface area (Å²) >= 11 is 0.194. The van der Waals surface area contributed by atoms with E-state index in [0.717, 1.165) is 34.3 Å². The number of para-hydroxylation sites is 6. The summed E-state index contributed by atoms with van der Waals surface area (Å²) in [5, 5.41) is 0. The molecule has 0 bridgehead atoms. The van der Waals surface area contributed by atoms with Crippen LogP contribution < -0.4 is 9.47 Å². The van der Waals surface area contributed by atoms with Crippen molar-refractivity contribution in [3.8, 4) is 23.0 Å². The molecule has 0 saturated heterocycles. The number of halogens is 2. The van der Waals surface area contributed by atoms with E-state index < -0.39 is 0 Å². The van der Waals surface area contributed by atoms with Gasteiger partial charge in [0.25, 0.3) is 0 Å². The number of ether oxygens (including phenoxy) is 2. The van der Waals surface area contributed by atoms with Crippen molar-refractivity contribution in [2.45, 2.75) is 13.8 Å². The molecule has 0 aliphatic rings. The fraction of sp³-hybridized carbons (Fsp3) is 0.0625. The fourth-order valence-electron chi connectivity index (χ4n) is 3.70. The van der Waals surface area contributed by atoms with E-state index in [2.05, 4.69) is 0 Å². The maximum atomic E-state index is 6.12. The molecule has 1 heterocycles. The molecule has 0 N–H and O–H groups in total. The van der Waals surface area contributed by atoms with E-state index in [0.29, 0.717) is 23.0 Å². The molecule has 0 fully saturated rings. The molecule has 8 heteroatoms. The quantitative estimate of drug-likeness (QED) is 0.129. The summed E-state index contributed by atoms with van der Waals surface area (Å²) in [7, 11) is 9.53. The SMILES string of the molecule is CC(=Nc1ccccc1Oc1ccccc1)c1ccc(C(C)=Nc2ccccc2Oc2ccccc2)o1.[Cl][Fe][Cl]. The Morgan fingerprint density at radius 2 is 0.900 bits per heavy atom. The Labute approximate surface area is 248 Å². The van der Waals surface area contributed by atoms with E-state index in [9.17, 15) is 0 Å². The van der Waals surface area contributed by atoms with Crippen molar-refractivity contribution >= 4 is 43.0 Å². The Morgan fingerprint density at radius 3 is 1.30 bits per heavy atom. The average molecular weight is 613 g/mol. The predicted molar refractivity (Wildman–Crippen MR) is 160 cm³/mol. The molecule has 204 valence electrons. The molecule has 0 unspecified atom stereocenters. The van der Waals surface area contributed by atoms with Gasteiger partial charge in [-0.1, -0.05) is 60.7 Å². The summed E-state index contributed by atoms with van der Waals surface area (Å²) in [6, 6.07) is 38.5. The van der Waals surface area contributed by atoms with Crippen LogP contribution in [-0.2, 0) is 13.1 Å². The van der Waals surface area contributed by atoms with Gasteiger partial charge in [-0.25, -0.2) is 9.98 Å². The first-order valence-electron chi connectivity index (χ1n) is 12.3. The molecule has 0 amide bonds. The monoisotopic (exact) mass is 612 g/mol. The minimum atomic E-state index is 0.194. The van der Waals surface area contributed by atoms with Crippen LogP contribution in [0.25, 0.3) is 0 Å². The molecular weight excluding hydrogens is 587 g/mol. The van der Waals surface area contributed by atoms with Gasteiger partial charge in [0.1, 0.15) is 34.4 Å². The summed E-state index contributed by atoms with van der Waals surface area (Å²) in [5.74, 6) is 4.18. The van der Waals surface area contributed by atoms with Gasteiger partial charge >= 0.3 is 33.3 Å². The molecular formula is C32H26Cl2FeN2O3. The van der Waals surface area contributed by atoms with E-state index in [-0.39, 0.29) is 13.1 Å². The summed E-state index contributed by atoms with van der Waals surface area (Å²) in [6.45, 7) is 3.83.